The molecule has 0 bridgehead atoms. The van der Waals surface area contributed by atoms with Gasteiger partial charge in [0, 0.05) is 6.54 Å². The van der Waals surface area contributed by atoms with Gasteiger partial charge in [0.25, 0.3) is 5.91 Å². The van der Waals surface area contributed by atoms with Crippen LogP contribution in [0.15, 0.2) is 48.5 Å². The van der Waals surface area contributed by atoms with Gasteiger partial charge in [0.2, 0.25) is 5.91 Å². The molecule has 0 saturated heterocycles. The molecule has 2 aromatic carbocycles. The number of ether oxygens (including phenoxy) is 2. The Kier molecular flexibility index (Phi) is 8.52. The smallest absolute Gasteiger partial charge is 0.260 e. The van der Waals surface area contributed by atoms with Crippen molar-refractivity contribution in [3.8, 4) is 11.5 Å². The molecule has 2 amide bonds. The number of anilines is 1. The van der Waals surface area contributed by atoms with Crippen LogP contribution in [0.2, 0.25) is 0 Å². The molecule has 0 aliphatic rings. The van der Waals surface area contributed by atoms with E-state index in [4.69, 9.17) is 9.47 Å². The van der Waals surface area contributed by atoms with E-state index in [2.05, 4.69) is 19.2 Å². The topological polar surface area (TPSA) is 67.9 Å². The molecular formula is C23H30N2O4. The quantitative estimate of drug-likeness (QED) is 0.655. The highest BCUT2D eigenvalue weighted by Crippen LogP contribution is 2.23. The largest absolute Gasteiger partial charge is 0.495 e. The Labute approximate surface area is 172 Å². The predicted molar refractivity (Wildman–Crippen MR) is 115 cm³/mol. The summed E-state index contributed by atoms with van der Waals surface area (Å²) in [6, 6.07) is 14.9. The van der Waals surface area contributed by atoms with Gasteiger partial charge in [-0.15, -0.1) is 0 Å². The first-order valence-electron chi connectivity index (χ1n) is 9.88. The minimum Gasteiger partial charge on any atom is -0.495 e. The van der Waals surface area contributed by atoms with Crippen LogP contribution in [0.3, 0.4) is 0 Å². The van der Waals surface area contributed by atoms with E-state index in [1.807, 2.05) is 43.3 Å². The monoisotopic (exact) mass is 398 g/mol. The summed E-state index contributed by atoms with van der Waals surface area (Å²) in [7, 11) is 1.54. The molecule has 6 heteroatoms. The molecule has 0 unspecified atom stereocenters. The van der Waals surface area contributed by atoms with Gasteiger partial charge < -0.3 is 19.7 Å². The highest BCUT2D eigenvalue weighted by molar-refractivity contribution is 5.95. The van der Waals surface area contributed by atoms with Gasteiger partial charge in [-0.05, 0) is 42.2 Å². The van der Waals surface area contributed by atoms with E-state index in [-0.39, 0.29) is 25.0 Å². The van der Waals surface area contributed by atoms with E-state index in [0.717, 1.165) is 6.42 Å². The second-order valence-electron chi connectivity index (χ2n) is 7.08. The zero-order chi connectivity index (χ0) is 21.2. The maximum Gasteiger partial charge on any atom is 0.260 e. The summed E-state index contributed by atoms with van der Waals surface area (Å²) in [4.78, 5) is 26.5. The van der Waals surface area contributed by atoms with Gasteiger partial charge >= 0.3 is 0 Å². The van der Waals surface area contributed by atoms with E-state index in [1.165, 1.54) is 10.5 Å². The Bertz CT molecular complexity index is 803. The normalized spacial score (nSPS) is 10.5. The van der Waals surface area contributed by atoms with E-state index in [0.29, 0.717) is 29.6 Å². The van der Waals surface area contributed by atoms with Crippen LogP contribution in [0.4, 0.5) is 5.69 Å². The van der Waals surface area contributed by atoms with Crippen molar-refractivity contribution in [3.63, 3.8) is 0 Å². The lowest BCUT2D eigenvalue weighted by atomic mass is 10.0. The highest BCUT2D eigenvalue weighted by atomic mass is 16.5. The first kappa shape index (κ1) is 22.3. The number of para-hydroxylation sites is 2. The molecule has 0 saturated carbocycles. The fourth-order valence-electron chi connectivity index (χ4n) is 2.86. The number of carbonyl (C=O) groups is 2. The average Bonchev–Trinajstić information content (AvgIpc) is 2.72. The van der Waals surface area contributed by atoms with Crippen LogP contribution in [0.1, 0.15) is 38.7 Å². The van der Waals surface area contributed by atoms with E-state index in [9.17, 15) is 9.59 Å². The van der Waals surface area contributed by atoms with Crippen molar-refractivity contribution in [2.45, 2.75) is 33.1 Å². The van der Waals surface area contributed by atoms with Crippen LogP contribution in [-0.4, -0.2) is 43.5 Å². The van der Waals surface area contributed by atoms with Crippen molar-refractivity contribution in [2.75, 3.05) is 32.1 Å². The lowest BCUT2D eigenvalue weighted by Gasteiger charge is -2.22. The van der Waals surface area contributed by atoms with Crippen molar-refractivity contribution in [1.82, 2.24) is 4.90 Å². The molecule has 0 atom stereocenters. The number of nitrogens with one attached hydrogen (secondary N) is 1. The lowest BCUT2D eigenvalue weighted by Crippen LogP contribution is -2.41. The van der Waals surface area contributed by atoms with Crippen molar-refractivity contribution >= 4 is 17.5 Å². The summed E-state index contributed by atoms with van der Waals surface area (Å²) >= 11 is 0. The molecule has 0 fully saturated rings. The van der Waals surface area contributed by atoms with Crippen LogP contribution in [0.25, 0.3) is 0 Å². The predicted octanol–water partition coefficient (Wildman–Crippen LogP) is 4.07. The highest BCUT2D eigenvalue weighted by Gasteiger charge is 2.18. The molecule has 2 rings (SSSR count). The number of amides is 2. The molecule has 0 aliphatic carbocycles. The third-order valence-corrected chi connectivity index (χ3v) is 4.47. The number of hydrogen-bond acceptors (Lipinski definition) is 4. The van der Waals surface area contributed by atoms with Crippen LogP contribution in [0, 0.1) is 0 Å². The summed E-state index contributed by atoms with van der Waals surface area (Å²) in [5, 5.41) is 2.80. The number of rotatable bonds is 10. The summed E-state index contributed by atoms with van der Waals surface area (Å²) < 4.78 is 10.9. The summed E-state index contributed by atoms with van der Waals surface area (Å²) in [6.45, 7) is 6.54. The Balaban J connectivity index is 1.93. The molecule has 0 radical (unpaired) electrons. The summed E-state index contributed by atoms with van der Waals surface area (Å²) in [5.74, 6) is 1.14. The second-order valence-corrected chi connectivity index (χ2v) is 7.08. The number of benzene rings is 2. The number of carbonyl (C=O) groups excluding carboxylic acids is 2. The summed E-state index contributed by atoms with van der Waals surface area (Å²) in [6.07, 6.45) is 0.747. The van der Waals surface area contributed by atoms with Gasteiger partial charge in [0.1, 0.15) is 11.5 Å². The van der Waals surface area contributed by atoms with Crippen molar-refractivity contribution in [3.05, 3.63) is 54.1 Å². The molecule has 2 aromatic rings. The Hall–Kier alpha value is -3.02. The minimum atomic E-state index is -0.280. The standard InChI is InChI=1S/C23H30N2O4/c1-5-14-25(15-22(26)24-20-8-6-7-9-21(20)28-4)23(27)16-29-19-12-10-18(11-13-19)17(2)3/h6-13,17H,5,14-16H2,1-4H3,(H,24,26). The van der Waals surface area contributed by atoms with E-state index in [1.54, 1.807) is 19.2 Å². The lowest BCUT2D eigenvalue weighted by molar-refractivity contribution is -0.136. The fourth-order valence-corrected chi connectivity index (χ4v) is 2.86. The molecule has 0 heterocycles. The summed E-state index contributed by atoms with van der Waals surface area (Å²) in [5.41, 5.74) is 1.79. The Morgan fingerprint density at radius 3 is 2.38 bits per heavy atom. The van der Waals surface area contributed by atoms with Crippen LogP contribution >= 0.6 is 0 Å². The van der Waals surface area contributed by atoms with Gasteiger partial charge in [-0.1, -0.05) is 45.0 Å². The van der Waals surface area contributed by atoms with Crippen LogP contribution < -0.4 is 14.8 Å². The average molecular weight is 399 g/mol. The molecule has 1 N–H and O–H groups in total. The van der Waals surface area contributed by atoms with Crippen molar-refractivity contribution in [1.29, 1.82) is 0 Å². The maximum atomic E-state index is 12.6. The number of nitrogens with zero attached hydrogens (tertiary/aromatic N) is 1. The molecule has 29 heavy (non-hydrogen) atoms. The van der Waals surface area contributed by atoms with Gasteiger partial charge in [0.15, 0.2) is 6.61 Å². The Morgan fingerprint density at radius 2 is 1.76 bits per heavy atom. The van der Waals surface area contributed by atoms with Gasteiger partial charge in [-0.2, -0.15) is 0 Å². The van der Waals surface area contributed by atoms with Crippen molar-refractivity contribution < 1.29 is 19.1 Å². The van der Waals surface area contributed by atoms with Crippen LogP contribution in [0.5, 0.6) is 11.5 Å². The molecule has 0 spiro atoms. The SMILES string of the molecule is CCCN(CC(=O)Nc1ccccc1OC)C(=O)COc1ccc(C(C)C)cc1. The van der Waals surface area contributed by atoms with E-state index < -0.39 is 0 Å². The second kappa shape index (κ2) is 11.1. The molecular weight excluding hydrogens is 368 g/mol. The Morgan fingerprint density at radius 1 is 1.07 bits per heavy atom. The van der Waals surface area contributed by atoms with Gasteiger partial charge in [0.05, 0.1) is 19.3 Å². The molecule has 0 aromatic heterocycles. The van der Waals surface area contributed by atoms with Gasteiger partial charge in [-0.3, -0.25) is 9.59 Å². The molecule has 6 nitrogen and oxygen atoms in total. The number of methoxy groups -OCH3 is 1. The molecule has 156 valence electrons. The van der Waals surface area contributed by atoms with Crippen LogP contribution in [-0.2, 0) is 9.59 Å². The zero-order valence-corrected chi connectivity index (χ0v) is 17.6. The first-order valence-corrected chi connectivity index (χ1v) is 9.88. The first-order chi connectivity index (χ1) is 13.9. The maximum absolute atomic E-state index is 12.6. The van der Waals surface area contributed by atoms with Gasteiger partial charge in [-0.25, -0.2) is 0 Å². The molecule has 0 aliphatic heterocycles. The zero-order valence-electron chi connectivity index (χ0n) is 17.6. The third-order valence-electron chi connectivity index (χ3n) is 4.47. The van der Waals surface area contributed by atoms with E-state index >= 15 is 0 Å². The third kappa shape index (κ3) is 6.82. The van der Waals surface area contributed by atoms with Crippen molar-refractivity contribution in [2.24, 2.45) is 0 Å². The minimum absolute atomic E-state index is 0.0413. The fraction of sp³-hybridized carbons (Fsp3) is 0.391. The number of hydrogen-bond donors (Lipinski definition) is 1.